The Morgan fingerprint density at radius 2 is 2.00 bits per heavy atom. The first-order valence-corrected chi connectivity index (χ1v) is 6.37. The van der Waals surface area contributed by atoms with Crippen molar-refractivity contribution in [2.24, 2.45) is 0 Å². The van der Waals surface area contributed by atoms with Gasteiger partial charge in [-0.15, -0.1) is 0 Å². The summed E-state index contributed by atoms with van der Waals surface area (Å²) < 4.78 is 6.16. The van der Waals surface area contributed by atoms with E-state index in [1.54, 1.807) is 38.4 Å². The summed E-state index contributed by atoms with van der Waals surface area (Å²) in [5, 5.41) is 4.23. The van der Waals surface area contributed by atoms with Crippen molar-refractivity contribution in [1.29, 1.82) is 0 Å². The molecule has 0 amide bonds. The van der Waals surface area contributed by atoms with Crippen molar-refractivity contribution in [3.05, 3.63) is 46.5 Å². The molecule has 0 radical (unpaired) electrons. The van der Waals surface area contributed by atoms with E-state index in [4.69, 9.17) is 4.74 Å². The Labute approximate surface area is 116 Å². The molecule has 0 unspecified atom stereocenters. The van der Waals surface area contributed by atoms with Gasteiger partial charge in [0.05, 0.1) is 12.3 Å². The minimum absolute atomic E-state index is 0.00416. The fourth-order valence-corrected chi connectivity index (χ4v) is 1.77. The van der Waals surface area contributed by atoms with Crippen LogP contribution in [-0.4, -0.2) is 27.3 Å². The van der Waals surface area contributed by atoms with E-state index in [9.17, 15) is 9.59 Å². The Balaban J connectivity index is 2.58. The van der Waals surface area contributed by atoms with Crippen molar-refractivity contribution in [2.75, 3.05) is 6.61 Å². The lowest BCUT2D eigenvalue weighted by Gasteiger charge is -2.08. The number of ether oxygens (including phenoxy) is 1. The van der Waals surface area contributed by atoms with Crippen LogP contribution in [0.3, 0.4) is 0 Å². The number of rotatable bonds is 4. The van der Waals surface area contributed by atoms with Crippen LogP contribution in [0.4, 0.5) is 0 Å². The predicted molar refractivity (Wildman–Crippen MR) is 73.4 cm³/mol. The first kappa shape index (κ1) is 13.9. The molecule has 0 bridgehead atoms. The zero-order valence-corrected chi connectivity index (χ0v) is 11.4. The summed E-state index contributed by atoms with van der Waals surface area (Å²) in [6.45, 7) is 4.09. The van der Waals surface area contributed by atoms with Gasteiger partial charge in [-0.1, -0.05) is 0 Å². The first-order chi connectivity index (χ1) is 9.67. The summed E-state index contributed by atoms with van der Waals surface area (Å²) in [5.41, 5.74) is 0.879. The number of aryl methyl sites for hydroxylation is 1. The Kier molecular flexibility index (Phi) is 4.24. The highest BCUT2D eigenvalue weighted by Crippen LogP contribution is 2.15. The lowest BCUT2D eigenvalue weighted by Crippen LogP contribution is -2.29. The van der Waals surface area contributed by atoms with E-state index in [2.05, 4.69) is 10.1 Å². The molecule has 0 spiro atoms. The molecule has 2 aromatic rings. The predicted octanol–water partition coefficient (Wildman–Crippen LogP) is 1.50. The van der Waals surface area contributed by atoms with Gasteiger partial charge >= 0.3 is 5.97 Å². The highest BCUT2D eigenvalue weighted by molar-refractivity contribution is 5.90. The number of carbonyl (C=O) groups is 1. The van der Waals surface area contributed by atoms with Gasteiger partial charge in [-0.25, -0.2) is 9.48 Å². The van der Waals surface area contributed by atoms with Gasteiger partial charge < -0.3 is 4.74 Å². The number of hydrogen-bond acceptors (Lipinski definition) is 5. The fourth-order valence-electron chi connectivity index (χ4n) is 1.77. The summed E-state index contributed by atoms with van der Waals surface area (Å²) in [5.74, 6) is -0.627. The van der Waals surface area contributed by atoms with Gasteiger partial charge in [0, 0.05) is 24.5 Å². The molecular formula is C14H15N3O3. The second kappa shape index (κ2) is 6.10. The van der Waals surface area contributed by atoms with Crippen LogP contribution in [0.2, 0.25) is 0 Å². The summed E-state index contributed by atoms with van der Waals surface area (Å²) >= 11 is 0. The van der Waals surface area contributed by atoms with Gasteiger partial charge in [0.2, 0.25) is 0 Å². The summed E-state index contributed by atoms with van der Waals surface area (Å²) in [6.07, 6.45) is 3.25. The minimum atomic E-state index is -0.627. The molecule has 104 valence electrons. The lowest BCUT2D eigenvalue weighted by molar-refractivity contribution is 0.0523. The Morgan fingerprint density at radius 1 is 1.30 bits per heavy atom. The van der Waals surface area contributed by atoms with Crippen LogP contribution in [0.5, 0.6) is 0 Å². The lowest BCUT2D eigenvalue weighted by atomic mass is 10.1. The zero-order chi connectivity index (χ0) is 14.5. The number of nitrogens with zero attached hydrogens (tertiary/aromatic N) is 3. The molecule has 0 aliphatic carbocycles. The maximum absolute atomic E-state index is 12.1. The molecule has 0 atom stereocenters. The topological polar surface area (TPSA) is 74.1 Å². The second-order valence-corrected chi connectivity index (χ2v) is 4.02. The van der Waals surface area contributed by atoms with E-state index in [0.717, 1.165) is 5.56 Å². The number of carbonyl (C=O) groups excluding carboxylic acids is 1. The van der Waals surface area contributed by atoms with Crippen LogP contribution in [0.25, 0.3) is 11.3 Å². The number of hydrogen-bond donors (Lipinski definition) is 0. The van der Waals surface area contributed by atoms with Gasteiger partial charge in [-0.2, -0.15) is 5.10 Å². The van der Waals surface area contributed by atoms with Crippen molar-refractivity contribution < 1.29 is 9.53 Å². The maximum atomic E-state index is 12.1. The highest BCUT2D eigenvalue weighted by Gasteiger charge is 2.16. The average molecular weight is 273 g/mol. The molecule has 0 aromatic carbocycles. The quantitative estimate of drug-likeness (QED) is 0.789. The molecule has 0 aliphatic rings. The van der Waals surface area contributed by atoms with Crippen LogP contribution < -0.4 is 5.56 Å². The molecule has 0 saturated heterocycles. The molecule has 0 saturated carbocycles. The highest BCUT2D eigenvalue weighted by atomic mass is 16.5. The minimum Gasteiger partial charge on any atom is -0.462 e. The first-order valence-electron chi connectivity index (χ1n) is 6.37. The van der Waals surface area contributed by atoms with E-state index in [1.807, 2.05) is 0 Å². The molecule has 0 aliphatic heterocycles. The van der Waals surface area contributed by atoms with E-state index in [0.29, 0.717) is 12.2 Å². The average Bonchev–Trinajstić information content (AvgIpc) is 2.48. The molecule has 6 nitrogen and oxygen atoms in total. The normalized spacial score (nSPS) is 10.3. The van der Waals surface area contributed by atoms with Gasteiger partial charge in [-0.05, 0) is 32.0 Å². The van der Waals surface area contributed by atoms with Crippen LogP contribution in [0.15, 0.2) is 35.4 Å². The van der Waals surface area contributed by atoms with Gasteiger partial charge in [-0.3, -0.25) is 9.78 Å². The van der Waals surface area contributed by atoms with Crippen LogP contribution >= 0.6 is 0 Å². The van der Waals surface area contributed by atoms with Crippen LogP contribution in [0, 0.1) is 0 Å². The standard InChI is InChI=1S/C14H15N3O3/c1-3-17-13(18)11(14(19)20-4-2)9-12(16-17)10-5-7-15-8-6-10/h5-9H,3-4H2,1-2H3. The third-order valence-corrected chi connectivity index (χ3v) is 2.75. The van der Waals surface area contributed by atoms with E-state index in [1.165, 1.54) is 10.7 Å². The summed E-state index contributed by atoms with van der Waals surface area (Å²) in [7, 11) is 0. The molecule has 0 N–H and O–H groups in total. The molecule has 6 heteroatoms. The molecule has 2 rings (SSSR count). The van der Waals surface area contributed by atoms with Crippen molar-refractivity contribution in [2.45, 2.75) is 20.4 Å². The van der Waals surface area contributed by atoms with Crippen LogP contribution in [0.1, 0.15) is 24.2 Å². The molecule has 0 fully saturated rings. The number of esters is 1. The number of pyridine rings is 1. The summed E-state index contributed by atoms with van der Waals surface area (Å²) in [4.78, 5) is 27.9. The third-order valence-electron chi connectivity index (χ3n) is 2.75. The smallest absolute Gasteiger partial charge is 0.343 e. The largest absolute Gasteiger partial charge is 0.462 e. The molecule has 2 heterocycles. The maximum Gasteiger partial charge on any atom is 0.343 e. The van der Waals surface area contributed by atoms with Crippen molar-refractivity contribution >= 4 is 5.97 Å². The summed E-state index contributed by atoms with van der Waals surface area (Å²) in [6, 6.07) is 4.99. The second-order valence-electron chi connectivity index (χ2n) is 4.02. The van der Waals surface area contributed by atoms with Crippen molar-refractivity contribution in [3.8, 4) is 11.3 Å². The van der Waals surface area contributed by atoms with Crippen molar-refractivity contribution in [1.82, 2.24) is 14.8 Å². The van der Waals surface area contributed by atoms with Crippen molar-refractivity contribution in [3.63, 3.8) is 0 Å². The monoisotopic (exact) mass is 273 g/mol. The molecule has 2 aromatic heterocycles. The van der Waals surface area contributed by atoms with E-state index < -0.39 is 11.5 Å². The van der Waals surface area contributed by atoms with E-state index >= 15 is 0 Å². The number of aromatic nitrogens is 3. The molecule has 20 heavy (non-hydrogen) atoms. The van der Waals surface area contributed by atoms with Gasteiger partial charge in [0.1, 0.15) is 5.56 Å². The SMILES string of the molecule is CCOC(=O)c1cc(-c2ccncc2)nn(CC)c1=O. The van der Waals surface area contributed by atoms with Gasteiger partial charge in [0.25, 0.3) is 5.56 Å². The third kappa shape index (κ3) is 2.74. The zero-order valence-electron chi connectivity index (χ0n) is 11.4. The van der Waals surface area contributed by atoms with Gasteiger partial charge in [0.15, 0.2) is 0 Å². The fraction of sp³-hybridized carbons (Fsp3) is 0.286. The van der Waals surface area contributed by atoms with E-state index in [-0.39, 0.29) is 12.2 Å². The Morgan fingerprint density at radius 3 is 2.60 bits per heavy atom. The Bertz CT molecular complexity index is 665. The molecular weight excluding hydrogens is 258 g/mol. The Hall–Kier alpha value is -2.50. The van der Waals surface area contributed by atoms with Crippen LogP contribution in [-0.2, 0) is 11.3 Å².